The second-order valence-corrected chi connectivity index (χ2v) is 6.38. The van der Waals surface area contributed by atoms with Gasteiger partial charge in [0.15, 0.2) is 5.82 Å². The van der Waals surface area contributed by atoms with E-state index >= 15 is 0 Å². The van der Waals surface area contributed by atoms with Gasteiger partial charge in [0, 0.05) is 13.7 Å². The maximum Gasteiger partial charge on any atom is 0.244 e. The van der Waals surface area contributed by atoms with E-state index in [0.717, 1.165) is 31.8 Å². The van der Waals surface area contributed by atoms with E-state index in [2.05, 4.69) is 52.3 Å². The lowest BCUT2D eigenvalue weighted by molar-refractivity contribution is 0.108. The molecule has 0 saturated carbocycles. The fourth-order valence-electron chi connectivity index (χ4n) is 3.29. The zero-order chi connectivity index (χ0) is 16.2. The molecule has 0 spiro atoms. The van der Waals surface area contributed by atoms with Crippen molar-refractivity contribution >= 4 is 0 Å². The van der Waals surface area contributed by atoms with Crippen LogP contribution in [-0.2, 0) is 4.74 Å². The number of aromatic nitrogens is 2. The normalized spacial score (nSPS) is 23.3. The largest absolute Gasteiger partial charge is 0.380 e. The lowest BCUT2D eigenvalue weighted by atomic mass is 9.97. The summed E-state index contributed by atoms with van der Waals surface area (Å²) in [7, 11) is 1.77. The van der Waals surface area contributed by atoms with Gasteiger partial charge in [-0.2, -0.15) is 4.98 Å². The van der Waals surface area contributed by atoms with Gasteiger partial charge in [-0.25, -0.2) is 0 Å². The second-order valence-electron chi connectivity index (χ2n) is 6.38. The third-order valence-electron chi connectivity index (χ3n) is 4.74. The topological polar surface area (TPSA) is 51.4 Å². The molecule has 1 aliphatic rings. The Morgan fingerprint density at radius 1 is 1.35 bits per heavy atom. The summed E-state index contributed by atoms with van der Waals surface area (Å²) in [5.74, 6) is 1.94. The minimum absolute atomic E-state index is 0.170. The van der Waals surface area contributed by atoms with Crippen LogP contribution in [0.15, 0.2) is 34.9 Å². The fraction of sp³-hybridized carbons (Fsp3) is 0.556. The van der Waals surface area contributed by atoms with E-state index in [9.17, 15) is 0 Å². The van der Waals surface area contributed by atoms with Gasteiger partial charge in [0.2, 0.25) is 5.89 Å². The van der Waals surface area contributed by atoms with Gasteiger partial charge >= 0.3 is 0 Å². The highest BCUT2D eigenvalue weighted by molar-refractivity contribution is 5.18. The molecule has 1 saturated heterocycles. The van der Waals surface area contributed by atoms with Crippen LogP contribution in [0.5, 0.6) is 0 Å². The summed E-state index contributed by atoms with van der Waals surface area (Å²) in [6, 6.07) is 10.8. The summed E-state index contributed by atoms with van der Waals surface area (Å²) in [5, 5.41) is 3.94. The monoisotopic (exact) mass is 315 g/mol. The number of ether oxygens (including phenoxy) is 1. The van der Waals surface area contributed by atoms with Crippen LogP contribution in [0.1, 0.15) is 49.0 Å². The van der Waals surface area contributed by atoms with Crippen LogP contribution in [0, 0.1) is 6.92 Å². The summed E-state index contributed by atoms with van der Waals surface area (Å²) in [5.41, 5.74) is 1.39. The van der Waals surface area contributed by atoms with Crippen molar-refractivity contribution in [3.63, 3.8) is 0 Å². The standard InChI is InChI=1S/C18H25N3O2/c1-13(15-7-5-4-6-8-15)9-10-21-12-16(22-3)11-17(21)18-19-14(2)20-23-18/h4-8,13,16-17H,9-12H2,1-3H3/t13-,16+,17-/m0/s1. The molecular formula is C18H25N3O2. The number of methoxy groups -OCH3 is 1. The first-order valence-corrected chi connectivity index (χ1v) is 8.29. The number of hydrogen-bond donors (Lipinski definition) is 0. The Labute approximate surface area is 137 Å². The Kier molecular flexibility index (Phi) is 5.08. The van der Waals surface area contributed by atoms with E-state index in [4.69, 9.17) is 9.26 Å². The van der Waals surface area contributed by atoms with Gasteiger partial charge < -0.3 is 9.26 Å². The van der Waals surface area contributed by atoms with E-state index in [1.54, 1.807) is 7.11 Å². The quantitative estimate of drug-likeness (QED) is 0.818. The Morgan fingerprint density at radius 3 is 2.78 bits per heavy atom. The lowest BCUT2D eigenvalue weighted by Gasteiger charge is -2.23. The van der Waals surface area contributed by atoms with Crippen LogP contribution < -0.4 is 0 Å². The van der Waals surface area contributed by atoms with Crippen LogP contribution in [-0.4, -0.2) is 41.3 Å². The van der Waals surface area contributed by atoms with Gasteiger partial charge in [-0.05, 0) is 37.8 Å². The van der Waals surface area contributed by atoms with Crippen molar-refractivity contribution in [2.75, 3.05) is 20.2 Å². The molecule has 3 rings (SSSR count). The maximum absolute atomic E-state index is 5.56. The van der Waals surface area contributed by atoms with Crippen molar-refractivity contribution in [2.24, 2.45) is 0 Å². The molecule has 23 heavy (non-hydrogen) atoms. The van der Waals surface area contributed by atoms with Gasteiger partial charge in [-0.1, -0.05) is 42.4 Å². The molecule has 124 valence electrons. The van der Waals surface area contributed by atoms with E-state index in [1.165, 1.54) is 5.56 Å². The van der Waals surface area contributed by atoms with E-state index < -0.39 is 0 Å². The van der Waals surface area contributed by atoms with E-state index in [1.807, 2.05) is 6.92 Å². The highest BCUT2D eigenvalue weighted by Gasteiger charge is 2.36. The predicted octanol–water partition coefficient (Wildman–Crippen LogP) is 3.33. The first-order chi connectivity index (χ1) is 11.2. The average Bonchev–Trinajstić information content (AvgIpc) is 3.19. The van der Waals surface area contributed by atoms with Gasteiger partial charge in [0.25, 0.3) is 0 Å². The van der Waals surface area contributed by atoms with Crippen LogP contribution in [0.3, 0.4) is 0 Å². The molecule has 1 aromatic carbocycles. The predicted molar refractivity (Wildman–Crippen MR) is 88.2 cm³/mol. The number of hydrogen-bond acceptors (Lipinski definition) is 5. The number of likely N-dealkylation sites (tertiary alicyclic amines) is 1. The van der Waals surface area contributed by atoms with E-state index in [-0.39, 0.29) is 12.1 Å². The van der Waals surface area contributed by atoms with Gasteiger partial charge in [-0.15, -0.1) is 0 Å². The number of benzene rings is 1. The van der Waals surface area contributed by atoms with Crippen LogP contribution in [0.25, 0.3) is 0 Å². The summed E-state index contributed by atoms with van der Waals surface area (Å²) >= 11 is 0. The Morgan fingerprint density at radius 2 is 2.13 bits per heavy atom. The first-order valence-electron chi connectivity index (χ1n) is 8.29. The maximum atomic E-state index is 5.56. The summed E-state index contributed by atoms with van der Waals surface area (Å²) < 4.78 is 11.0. The van der Waals surface area contributed by atoms with E-state index in [0.29, 0.717) is 11.7 Å². The van der Waals surface area contributed by atoms with Crippen molar-refractivity contribution in [1.29, 1.82) is 0 Å². The Bertz CT molecular complexity index is 614. The molecule has 0 radical (unpaired) electrons. The van der Waals surface area contributed by atoms with Crippen LogP contribution in [0.4, 0.5) is 0 Å². The first kappa shape index (κ1) is 16.1. The molecule has 2 aromatic rings. The Hall–Kier alpha value is -1.72. The number of nitrogens with zero attached hydrogens (tertiary/aromatic N) is 3. The van der Waals surface area contributed by atoms with Crippen LogP contribution in [0.2, 0.25) is 0 Å². The molecule has 0 bridgehead atoms. The SMILES string of the molecule is CO[C@@H]1C[C@@H](c2nc(C)no2)N(CC[C@H](C)c2ccccc2)C1. The molecular weight excluding hydrogens is 290 g/mol. The zero-order valence-electron chi connectivity index (χ0n) is 14.1. The van der Waals surface area contributed by atoms with Crippen molar-refractivity contribution < 1.29 is 9.26 Å². The Balaban J connectivity index is 1.65. The minimum Gasteiger partial charge on any atom is -0.380 e. The molecule has 0 amide bonds. The fourth-order valence-corrected chi connectivity index (χ4v) is 3.29. The average molecular weight is 315 g/mol. The molecule has 2 heterocycles. The van der Waals surface area contributed by atoms with Gasteiger partial charge in [-0.3, -0.25) is 4.90 Å². The highest BCUT2D eigenvalue weighted by Crippen LogP contribution is 2.33. The molecule has 1 aromatic heterocycles. The highest BCUT2D eigenvalue weighted by atomic mass is 16.5. The van der Waals surface area contributed by atoms with Crippen molar-refractivity contribution in [3.8, 4) is 0 Å². The zero-order valence-corrected chi connectivity index (χ0v) is 14.1. The third-order valence-corrected chi connectivity index (χ3v) is 4.74. The van der Waals surface area contributed by atoms with Crippen molar-refractivity contribution in [2.45, 2.75) is 44.8 Å². The molecule has 1 aliphatic heterocycles. The molecule has 0 unspecified atom stereocenters. The van der Waals surface area contributed by atoms with Gasteiger partial charge in [0.05, 0.1) is 12.1 Å². The summed E-state index contributed by atoms with van der Waals surface area (Å²) in [6.07, 6.45) is 2.25. The molecule has 3 atom stereocenters. The number of aryl methyl sites for hydroxylation is 1. The third kappa shape index (κ3) is 3.79. The summed E-state index contributed by atoms with van der Waals surface area (Å²) in [6.45, 7) is 6.06. The second kappa shape index (κ2) is 7.23. The molecule has 1 fully saturated rings. The molecule has 0 N–H and O–H groups in total. The summed E-state index contributed by atoms with van der Waals surface area (Å²) in [4.78, 5) is 6.84. The van der Waals surface area contributed by atoms with Crippen molar-refractivity contribution in [3.05, 3.63) is 47.6 Å². The smallest absolute Gasteiger partial charge is 0.244 e. The molecule has 0 aliphatic carbocycles. The van der Waals surface area contributed by atoms with Crippen molar-refractivity contribution in [1.82, 2.24) is 15.0 Å². The molecule has 5 nitrogen and oxygen atoms in total. The number of rotatable bonds is 6. The lowest BCUT2D eigenvalue weighted by Crippen LogP contribution is -2.27. The van der Waals surface area contributed by atoms with Gasteiger partial charge in [0.1, 0.15) is 0 Å². The molecule has 5 heteroatoms. The van der Waals surface area contributed by atoms with Crippen LogP contribution >= 0.6 is 0 Å². The minimum atomic E-state index is 0.170.